The Labute approximate surface area is 160 Å². The molecule has 148 valence electrons. The van der Waals surface area contributed by atoms with Crippen LogP contribution < -0.4 is 0 Å². The maximum atomic E-state index is 13.0. The molecule has 1 atom stereocenters. The first kappa shape index (κ1) is 18.5. The van der Waals surface area contributed by atoms with Crippen molar-refractivity contribution < 1.29 is 14.3 Å². The van der Waals surface area contributed by atoms with Crippen LogP contribution in [0, 0.1) is 11.3 Å². The first-order valence-corrected chi connectivity index (χ1v) is 10.3. The summed E-state index contributed by atoms with van der Waals surface area (Å²) < 4.78 is 7.11. The second kappa shape index (κ2) is 7.62. The second-order valence-corrected chi connectivity index (χ2v) is 8.16. The number of aromatic nitrogens is 2. The number of amides is 2. The van der Waals surface area contributed by atoms with Crippen molar-refractivity contribution in [3.8, 4) is 0 Å². The monoisotopic (exact) mass is 374 g/mol. The number of carbonyl (C=O) groups is 2. The molecule has 1 aromatic rings. The van der Waals surface area contributed by atoms with Gasteiger partial charge >= 0.3 is 0 Å². The molecule has 1 spiro atoms. The average Bonchev–Trinajstić information content (AvgIpc) is 3.30. The van der Waals surface area contributed by atoms with E-state index in [-0.39, 0.29) is 17.2 Å². The lowest BCUT2D eigenvalue weighted by Crippen LogP contribution is -2.42. The van der Waals surface area contributed by atoms with Gasteiger partial charge in [0.1, 0.15) is 5.69 Å². The first-order chi connectivity index (χ1) is 13.1. The van der Waals surface area contributed by atoms with Crippen molar-refractivity contribution in [2.24, 2.45) is 11.3 Å². The molecule has 1 aliphatic carbocycles. The maximum Gasteiger partial charge on any atom is 0.272 e. The minimum atomic E-state index is 0.0858. The van der Waals surface area contributed by atoms with Crippen molar-refractivity contribution in [3.63, 3.8) is 0 Å². The average molecular weight is 374 g/mol. The van der Waals surface area contributed by atoms with E-state index in [9.17, 15) is 9.59 Å². The SMILES string of the molecule is CCn1nccc1C(=O)N1CC(CCC(=O)N2CCOCC2)C2(CCC2)C1. The summed E-state index contributed by atoms with van der Waals surface area (Å²) >= 11 is 0. The lowest BCUT2D eigenvalue weighted by molar-refractivity contribution is -0.135. The van der Waals surface area contributed by atoms with Crippen molar-refractivity contribution >= 4 is 11.8 Å². The molecule has 4 rings (SSSR count). The molecule has 27 heavy (non-hydrogen) atoms. The van der Waals surface area contributed by atoms with Crippen molar-refractivity contribution in [3.05, 3.63) is 18.0 Å². The molecule has 0 radical (unpaired) electrons. The van der Waals surface area contributed by atoms with Gasteiger partial charge in [0.25, 0.3) is 5.91 Å². The van der Waals surface area contributed by atoms with E-state index in [1.807, 2.05) is 22.8 Å². The van der Waals surface area contributed by atoms with Gasteiger partial charge in [0.2, 0.25) is 5.91 Å². The molecule has 2 aliphatic heterocycles. The molecule has 7 nitrogen and oxygen atoms in total. The molecular weight excluding hydrogens is 344 g/mol. The van der Waals surface area contributed by atoms with Crippen molar-refractivity contribution in [1.29, 1.82) is 0 Å². The number of morpholine rings is 1. The molecule has 1 unspecified atom stereocenters. The van der Waals surface area contributed by atoms with Crippen molar-refractivity contribution in [2.45, 2.75) is 45.6 Å². The highest BCUT2D eigenvalue weighted by Gasteiger charge is 2.51. The third-order valence-electron chi connectivity index (χ3n) is 6.75. The van der Waals surface area contributed by atoms with Gasteiger partial charge in [-0.3, -0.25) is 14.3 Å². The van der Waals surface area contributed by atoms with Gasteiger partial charge in [0.05, 0.1) is 13.2 Å². The third-order valence-corrected chi connectivity index (χ3v) is 6.75. The van der Waals surface area contributed by atoms with Crippen LogP contribution in [0.2, 0.25) is 0 Å². The molecule has 3 fully saturated rings. The molecule has 0 bridgehead atoms. The standard InChI is InChI=1S/C20H30N4O3/c1-2-24-17(6-9-21-24)19(26)23-14-16(20(15-23)7-3-8-20)4-5-18(25)22-10-12-27-13-11-22/h6,9,16H,2-5,7-8,10-15H2,1H3. The number of likely N-dealkylation sites (tertiary alicyclic amines) is 1. The Bertz CT molecular complexity index is 691. The van der Waals surface area contributed by atoms with Crippen LogP contribution in [0.1, 0.15) is 49.5 Å². The smallest absolute Gasteiger partial charge is 0.272 e. The van der Waals surface area contributed by atoms with Crippen LogP contribution in [0.3, 0.4) is 0 Å². The molecule has 0 aromatic carbocycles. The largest absolute Gasteiger partial charge is 0.378 e. The summed E-state index contributed by atoms with van der Waals surface area (Å²) in [5, 5.41) is 4.24. The van der Waals surface area contributed by atoms with Crippen LogP contribution in [0.25, 0.3) is 0 Å². The zero-order valence-electron chi connectivity index (χ0n) is 16.2. The number of nitrogens with zero attached hydrogens (tertiary/aromatic N) is 4. The number of aryl methyl sites for hydroxylation is 1. The topological polar surface area (TPSA) is 67.7 Å². The zero-order valence-corrected chi connectivity index (χ0v) is 16.2. The molecule has 7 heteroatoms. The predicted molar refractivity (Wildman–Crippen MR) is 100 cm³/mol. The summed E-state index contributed by atoms with van der Waals surface area (Å²) in [5.74, 6) is 0.752. The molecule has 1 saturated carbocycles. The number of hydrogen-bond acceptors (Lipinski definition) is 4. The van der Waals surface area contributed by atoms with E-state index < -0.39 is 0 Å². The van der Waals surface area contributed by atoms with Gasteiger partial charge in [0, 0.05) is 45.3 Å². The quantitative estimate of drug-likeness (QED) is 0.788. The van der Waals surface area contributed by atoms with E-state index in [4.69, 9.17) is 4.74 Å². The van der Waals surface area contributed by atoms with Gasteiger partial charge in [-0.05, 0) is 43.6 Å². The van der Waals surface area contributed by atoms with Crippen LogP contribution in [-0.4, -0.2) is 70.8 Å². The minimum Gasteiger partial charge on any atom is -0.378 e. The Balaban J connectivity index is 1.39. The fourth-order valence-electron chi connectivity index (χ4n) is 4.98. The Hall–Kier alpha value is -1.89. The molecule has 2 amide bonds. The van der Waals surface area contributed by atoms with Gasteiger partial charge in [-0.25, -0.2) is 0 Å². The molecule has 3 aliphatic rings. The van der Waals surface area contributed by atoms with Crippen LogP contribution in [-0.2, 0) is 16.1 Å². The summed E-state index contributed by atoms with van der Waals surface area (Å²) in [6, 6.07) is 1.81. The molecule has 3 heterocycles. The number of rotatable bonds is 5. The minimum absolute atomic E-state index is 0.0858. The van der Waals surface area contributed by atoms with Crippen LogP contribution >= 0.6 is 0 Å². The van der Waals surface area contributed by atoms with E-state index in [1.165, 1.54) is 19.3 Å². The highest BCUT2D eigenvalue weighted by molar-refractivity contribution is 5.92. The summed E-state index contributed by atoms with van der Waals surface area (Å²) in [4.78, 5) is 29.5. The van der Waals surface area contributed by atoms with E-state index in [0.29, 0.717) is 50.9 Å². The van der Waals surface area contributed by atoms with Crippen molar-refractivity contribution in [2.75, 3.05) is 39.4 Å². The van der Waals surface area contributed by atoms with Crippen LogP contribution in [0.15, 0.2) is 12.3 Å². The molecule has 0 N–H and O–H groups in total. The van der Waals surface area contributed by atoms with E-state index in [2.05, 4.69) is 5.10 Å². The van der Waals surface area contributed by atoms with E-state index >= 15 is 0 Å². The molecule has 2 saturated heterocycles. The fraction of sp³-hybridized carbons (Fsp3) is 0.750. The number of hydrogen-bond donors (Lipinski definition) is 0. The van der Waals surface area contributed by atoms with Crippen molar-refractivity contribution in [1.82, 2.24) is 19.6 Å². The van der Waals surface area contributed by atoms with Gasteiger partial charge in [-0.15, -0.1) is 0 Å². The Kier molecular flexibility index (Phi) is 5.21. The number of carbonyl (C=O) groups excluding carboxylic acids is 2. The fourth-order valence-corrected chi connectivity index (χ4v) is 4.98. The van der Waals surface area contributed by atoms with Crippen LogP contribution in [0.5, 0.6) is 0 Å². The molecule has 1 aromatic heterocycles. The Morgan fingerprint density at radius 3 is 2.70 bits per heavy atom. The lowest BCUT2D eigenvalue weighted by atomic mass is 9.62. The molecular formula is C20H30N4O3. The summed E-state index contributed by atoms with van der Waals surface area (Å²) in [7, 11) is 0. The lowest BCUT2D eigenvalue weighted by Gasteiger charge is -2.43. The van der Waals surface area contributed by atoms with Gasteiger partial charge in [-0.1, -0.05) is 6.42 Å². The first-order valence-electron chi connectivity index (χ1n) is 10.3. The normalized spacial score (nSPS) is 24.3. The maximum absolute atomic E-state index is 13.0. The number of ether oxygens (including phenoxy) is 1. The summed E-state index contributed by atoms with van der Waals surface area (Å²) in [5.41, 5.74) is 0.912. The van der Waals surface area contributed by atoms with E-state index in [1.54, 1.807) is 10.9 Å². The highest BCUT2D eigenvalue weighted by Crippen LogP contribution is 2.53. The van der Waals surface area contributed by atoms with Gasteiger partial charge in [-0.2, -0.15) is 5.10 Å². The van der Waals surface area contributed by atoms with E-state index in [0.717, 1.165) is 19.5 Å². The summed E-state index contributed by atoms with van der Waals surface area (Å²) in [6.45, 7) is 7.01. The second-order valence-electron chi connectivity index (χ2n) is 8.16. The Morgan fingerprint density at radius 1 is 1.26 bits per heavy atom. The summed E-state index contributed by atoms with van der Waals surface area (Å²) in [6.07, 6.45) is 6.77. The van der Waals surface area contributed by atoms with Gasteiger partial charge < -0.3 is 14.5 Å². The third kappa shape index (κ3) is 3.49. The predicted octanol–water partition coefficient (Wildman–Crippen LogP) is 1.78. The van der Waals surface area contributed by atoms with Gasteiger partial charge in [0.15, 0.2) is 0 Å². The Morgan fingerprint density at radius 2 is 2.04 bits per heavy atom. The van der Waals surface area contributed by atoms with Crippen LogP contribution in [0.4, 0.5) is 0 Å². The zero-order chi connectivity index (χ0) is 18.9. The highest BCUT2D eigenvalue weighted by atomic mass is 16.5.